The van der Waals surface area contributed by atoms with Crippen LogP contribution in [0.5, 0.6) is 5.75 Å². The quantitative estimate of drug-likeness (QED) is 0.920. The highest BCUT2D eigenvalue weighted by atomic mass is 16.5. The van der Waals surface area contributed by atoms with Crippen LogP contribution in [0.3, 0.4) is 0 Å². The summed E-state index contributed by atoms with van der Waals surface area (Å²) in [5.74, 6) is 0.799. The summed E-state index contributed by atoms with van der Waals surface area (Å²) in [7, 11) is 0. The van der Waals surface area contributed by atoms with E-state index in [1.165, 1.54) is 0 Å². The smallest absolute Gasteiger partial charge is 0.125 e. The highest BCUT2D eigenvalue weighted by molar-refractivity contribution is 5.87. The van der Waals surface area contributed by atoms with E-state index < -0.39 is 0 Å². The molecule has 1 aliphatic heterocycles. The summed E-state index contributed by atoms with van der Waals surface area (Å²) >= 11 is 0. The standard InChI is InChI=1S/C16H18O3/c17-11-15-14-4-2-1-3-12(14)5-6-16(15)19-13-7-9-18-10-8-13/h1-6,13,17H,7-11H2. The second-order valence-corrected chi connectivity index (χ2v) is 4.85. The normalized spacial score (nSPS) is 16.7. The van der Waals surface area contributed by atoms with Gasteiger partial charge < -0.3 is 14.6 Å². The van der Waals surface area contributed by atoms with Crippen LogP contribution >= 0.6 is 0 Å². The molecule has 2 aromatic carbocycles. The maximum Gasteiger partial charge on any atom is 0.125 e. The fourth-order valence-electron chi connectivity index (χ4n) is 2.56. The van der Waals surface area contributed by atoms with Crippen molar-refractivity contribution in [3.63, 3.8) is 0 Å². The summed E-state index contributed by atoms with van der Waals surface area (Å²) < 4.78 is 11.4. The molecule has 2 aromatic rings. The lowest BCUT2D eigenvalue weighted by atomic mass is 10.0. The lowest BCUT2D eigenvalue weighted by Gasteiger charge is -2.24. The molecule has 19 heavy (non-hydrogen) atoms. The maximum atomic E-state index is 9.64. The zero-order chi connectivity index (χ0) is 13.1. The molecular formula is C16H18O3. The molecule has 0 aromatic heterocycles. The van der Waals surface area contributed by atoms with Crippen LogP contribution in [-0.2, 0) is 11.3 Å². The molecule has 0 spiro atoms. The molecule has 0 radical (unpaired) electrons. The predicted octanol–water partition coefficient (Wildman–Crippen LogP) is 2.89. The Hall–Kier alpha value is -1.58. The molecule has 0 saturated carbocycles. The van der Waals surface area contributed by atoms with Crippen LogP contribution in [-0.4, -0.2) is 24.4 Å². The molecule has 3 heteroatoms. The number of rotatable bonds is 3. The van der Waals surface area contributed by atoms with Crippen molar-refractivity contribution in [1.29, 1.82) is 0 Å². The van der Waals surface area contributed by atoms with Crippen LogP contribution in [0, 0.1) is 0 Å². The topological polar surface area (TPSA) is 38.7 Å². The Morgan fingerprint density at radius 2 is 1.89 bits per heavy atom. The van der Waals surface area contributed by atoms with Gasteiger partial charge in [-0.3, -0.25) is 0 Å². The van der Waals surface area contributed by atoms with E-state index in [0.29, 0.717) is 0 Å². The zero-order valence-corrected chi connectivity index (χ0v) is 10.8. The lowest BCUT2D eigenvalue weighted by molar-refractivity contribution is 0.0248. The molecule has 3 nitrogen and oxygen atoms in total. The second-order valence-electron chi connectivity index (χ2n) is 4.85. The van der Waals surface area contributed by atoms with Gasteiger partial charge in [-0.05, 0) is 16.8 Å². The van der Waals surface area contributed by atoms with Crippen molar-refractivity contribution in [3.8, 4) is 5.75 Å². The third-order valence-electron chi connectivity index (χ3n) is 3.62. The van der Waals surface area contributed by atoms with E-state index in [1.807, 2.05) is 36.4 Å². The molecular weight excluding hydrogens is 240 g/mol. The Bertz CT molecular complexity index is 559. The number of hydrogen-bond donors (Lipinski definition) is 1. The monoisotopic (exact) mass is 258 g/mol. The van der Waals surface area contributed by atoms with Crippen molar-refractivity contribution in [3.05, 3.63) is 42.0 Å². The number of benzene rings is 2. The van der Waals surface area contributed by atoms with Crippen LogP contribution in [0.2, 0.25) is 0 Å². The molecule has 0 aliphatic carbocycles. The number of fused-ring (bicyclic) bond motifs is 1. The number of hydrogen-bond acceptors (Lipinski definition) is 3. The molecule has 0 bridgehead atoms. The Morgan fingerprint density at radius 1 is 1.11 bits per heavy atom. The van der Waals surface area contributed by atoms with Gasteiger partial charge >= 0.3 is 0 Å². The minimum atomic E-state index is -0.0000926. The van der Waals surface area contributed by atoms with Crippen molar-refractivity contribution >= 4 is 10.8 Å². The van der Waals surface area contributed by atoms with Gasteiger partial charge in [0.2, 0.25) is 0 Å². The van der Waals surface area contributed by atoms with Gasteiger partial charge in [-0.1, -0.05) is 30.3 Å². The van der Waals surface area contributed by atoms with E-state index in [9.17, 15) is 5.11 Å². The van der Waals surface area contributed by atoms with Crippen LogP contribution in [0.1, 0.15) is 18.4 Å². The first kappa shape index (κ1) is 12.5. The van der Waals surface area contributed by atoms with E-state index in [4.69, 9.17) is 9.47 Å². The predicted molar refractivity (Wildman–Crippen MR) is 74.3 cm³/mol. The van der Waals surface area contributed by atoms with Crippen molar-refractivity contribution in [1.82, 2.24) is 0 Å². The third-order valence-corrected chi connectivity index (χ3v) is 3.62. The minimum Gasteiger partial charge on any atom is -0.490 e. The van der Waals surface area contributed by atoms with Crippen LogP contribution < -0.4 is 4.74 Å². The van der Waals surface area contributed by atoms with E-state index in [0.717, 1.165) is 48.1 Å². The fourth-order valence-corrected chi connectivity index (χ4v) is 2.56. The summed E-state index contributed by atoms with van der Waals surface area (Å²) in [4.78, 5) is 0. The van der Waals surface area contributed by atoms with Crippen LogP contribution in [0.25, 0.3) is 10.8 Å². The van der Waals surface area contributed by atoms with Gasteiger partial charge in [-0.25, -0.2) is 0 Å². The molecule has 3 rings (SSSR count). The second kappa shape index (κ2) is 5.59. The minimum absolute atomic E-state index is 0.0000926. The summed E-state index contributed by atoms with van der Waals surface area (Å²) in [5.41, 5.74) is 0.879. The van der Waals surface area contributed by atoms with Crippen LogP contribution in [0.4, 0.5) is 0 Å². The van der Waals surface area contributed by atoms with Crippen molar-refractivity contribution < 1.29 is 14.6 Å². The van der Waals surface area contributed by atoms with Gasteiger partial charge in [-0.15, -0.1) is 0 Å². The van der Waals surface area contributed by atoms with Gasteiger partial charge in [0.1, 0.15) is 11.9 Å². The van der Waals surface area contributed by atoms with Crippen molar-refractivity contribution in [2.24, 2.45) is 0 Å². The maximum absolute atomic E-state index is 9.64. The number of aliphatic hydroxyl groups excluding tert-OH is 1. The van der Waals surface area contributed by atoms with Crippen molar-refractivity contribution in [2.75, 3.05) is 13.2 Å². The molecule has 1 fully saturated rings. The molecule has 0 atom stereocenters. The Balaban J connectivity index is 1.93. The van der Waals surface area contributed by atoms with Gasteiger partial charge in [0, 0.05) is 18.4 Å². The summed E-state index contributed by atoms with van der Waals surface area (Å²) in [5, 5.41) is 11.8. The highest BCUT2D eigenvalue weighted by Crippen LogP contribution is 2.30. The molecule has 1 heterocycles. The molecule has 0 amide bonds. The number of aliphatic hydroxyl groups is 1. The van der Waals surface area contributed by atoms with E-state index >= 15 is 0 Å². The molecule has 1 saturated heterocycles. The van der Waals surface area contributed by atoms with E-state index in [1.54, 1.807) is 0 Å². The van der Waals surface area contributed by atoms with Gasteiger partial charge in [0.05, 0.1) is 19.8 Å². The Morgan fingerprint density at radius 3 is 2.68 bits per heavy atom. The number of ether oxygens (including phenoxy) is 2. The average Bonchev–Trinajstić information content (AvgIpc) is 2.48. The molecule has 1 aliphatic rings. The van der Waals surface area contributed by atoms with Crippen LogP contribution in [0.15, 0.2) is 36.4 Å². The summed E-state index contributed by atoms with van der Waals surface area (Å²) in [6.45, 7) is 1.51. The first-order chi connectivity index (χ1) is 9.38. The molecule has 0 unspecified atom stereocenters. The summed E-state index contributed by atoms with van der Waals surface area (Å²) in [6.07, 6.45) is 2.02. The summed E-state index contributed by atoms with van der Waals surface area (Å²) in [6, 6.07) is 12.1. The Kier molecular flexibility index (Phi) is 3.67. The third kappa shape index (κ3) is 2.57. The van der Waals surface area contributed by atoms with Gasteiger partial charge in [0.15, 0.2) is 0 Å². The van der Waals surface area contributed by atoms with E-state index in [2.05, 4.69) is 0 Å². The fraction of sp³-hybridized carbons (Fsp3) is 0.375. The largest absolute Gasteiger partial charge is 0.490 e. The first-order valence-corrected chi connectivity index (χ1v) is 6.74. The zero-order valence-electron chi connectivity index (χ0n) is 10.8. The van der Waals surface area contributed by atoms with E-state index in [-0.39, 0.29) is 12.7 Å². The average molecular weight is 258 g/mol. The van der Waals surface area contributed by atoms with Gasteiger partial charge in [-0.2, -0.15) is 0 Å². The lowest BCUT2D eigenvalue weighted by Crippen LogP contribution is -2.26. The van der Waals surface area contributed by atoms with Crippen molar-refractivity contribution in [2.45, 2.75) is 25.6 Å². The molecule has 100 valence electrons. The highest BCUT2D eigenvalue weighted by Gasteiger charge is 2.17. The molecule has 1 N–H and O–H groups in total. The SMILES string of the molecule is OCc1c(OC2CCOCC2)ccc2ccccc12. The Labute approximate surface area is 112 Å². The van der Waals surface area contributed by atoms with Gasteiger partial charge in [0.25, 0.3) is 0 Å². The first-order valence-electron chi connectivity index (χ1n) is 6.74.